The van der Waals surface area contributed by atoms with E-state index < -0.39 is 5.82 Å². The number of pyridine rings is 1. The van der Waals surface area contributed by atoms with E-state index in [1.54, 1.807) is 12.3 Å². The standard InChI is InChI=1S/C13H8Cl3FN6/c14-10-8(17)3-4-9(11(10)15)23-13(20-21-22-23)19-6-7-2-1-5-18-12(7)16/h1-5H,6H2,(H,19,20,22). The number of anilines is 1. The zero-order valence-electron chi connectivity index (χ0n) is 11.3. The number of hydrogen-bond donors (Lipinski definition) is 1. The van der Waals surface area contributed by atoms with Gasteiger partial charge in [-0.15, -0.1) is 0 Å². The minimum absolute atomic E-state index is 0.0152. The van der Waals surface area contributed by atoms with Gasteiger partial charge < -0.3 is 5.32 Å². The summed E-state index contributed by atoms with van der Waals surface area (Å²) in [5.41, 5.74) is 1.12. The molecule has 2 heterocycles. The van der Waals surface area contributed by atoms with Crippen molar-refractivity contribution in [1.82, 2.24) is 25.2 Å². The molecule has 118 valence electrons. The fourth-order valence-electron chi connectivity index (χ4n) is 1.86. The molecule has 0 bridgehead atoms. The van der Waals surface area contributed by atoms with Crippen LogP contribution in [-0.4, -0.2) is 25.2 Å². The van der Waals surface area contributed by atoms with Crippen LogP contribution in [0.15, 0.2) is 30.5 Å². The fraction of sp³-hybridized carbons (Fsp3) is 0.0769. The lowest BCUT2D eigenvalue weighted by Gasteiger charge is -2.10. The maximum Gasteiger partial charge on any atom is 0.248 e. The van der Waals surface area contributed by atoms with Crippen molar-refractivity contribution >= 4 is 40.8 Å². The Morgan fingerprint density at radius 1 is 1.13 bits per heavy atom. The molecule has 0 saturated heterocycles. The van der Waals surface area contributed by atoms with Crippen molar-refractivity contribution < 1.29 is 4.39 Å². The summed E-state index contributed by atoms with van der Waals surface area (Å²) in [7, 11) is 0. The minimum atomic E-state index is -0.620. The van der Waals surface area contributed by atoms with E-state index in [0.717, 1.165) is 5.56 Å². The first-order chi connectivity index (χ1) is 11.1. The largest absolute Gasteiger partial charge is 0.349 e. The van der Waals surface area contributed by atoms with Gasteiger partial charge in [0.2, 0.25) is 5.95 Å². The van der Waals surface area contributed by atoms with Gasteiger partial charge in [0.1, 0.15) is 11.0 Å². The molecular weight excluding hydrogens is 366 g/mol. The Balaban J connectivity index is 1.89. The van der Waals surface area contributed by atoms with Crippen LogP contribution in [0.5, 0.6) is 0 Å². The zero-order chi connectivity index (χ0) is 16.4. The average molecular weight is 374 g/mol. The van der Waals surface area contributed by atoms with Gasteiger partial charge >= 0.3 is 0 Å². The normalized spacial score (nSPS) is 10.8. The topological polar surface area (TPSA) is 68.5 Å². The zero-order valence-corrected chi connectivity index (χ0v) is 13.6. The van der Waals surface area contributed by atoms with E-state index in [2.05, 4.69) is 25.8 Å². The van der Waals surface area contributed by atoms with Crippen LogP contribution in [0.4, 0.5) is 10.3 Å². The number of benzene rings is 1. The summed E-state index contributed by atoms with van der Waals surface area (Å²) in [5, 5.41) is 14.5. The van der Waals surface area contributed by atoms with Crippen LogP contribution in [0.1, 0.15) is 5.56 Å². The Kier molecular flexibility index (Phi) is 4.61. The van der Waals surface area contributed by atoms with Gasteiger partial charge in [-0.1, -0.05) is 46.0 Å². The third-order valence-electron chi connectivity index (χ3n) is 2.99. The summed E-state index contributed by atoms with van der Waals surface area (Å²) in [4.78, 5) is 3.98. The maximum atomic E-state index is 13.4. The maximum absolute atomic E-state index is 13.4. The van der Waals surface area contributed by atoms with Crippen LogP contribution in [0.3, 0.4) is 0 Å². The number of rotatable bonds is 4. The van der Waals surface area contributed by atoms with Crippen LogP contribution < -0.4 is 5.32 Å². The van der Waals surface area contributed by atoms with Crippen molar-refractivity contribution in [2.24, 2.45) is 0 Å². The quantitative estimate of drug-likeness (QED) is 0.557. The van der Waals surface area contributed by atoms with E-state index in [0.29, 0.717) is 23.3 Å². The Morgan fingerprint density at radius 3 is 2.74 bits per heavy atom. The monoisotopic (exact) mass is 372 g/mol. The van der Waals surface area contributed by atoms with Gasteiger partial charge in [-0.3, -0.25) is 0 Å². The summed E-state index contributed by atoms with van der Waals surface area (Å²) < 4.78 is 14.7. The Labute approximate surface area is 145 Å². The number of tetrazole rings is 1. The highest BCUT2D eigenvalue weighted by Gasteiger charge is 2.16. The van der Waals surface area contributed by atoms with Gasteiger partial charge in [-0.25, -0.2) is 9.37 Å². The molecule has 0 atom stereocenters. The molecule has 3 aromatic rings. The Hall–Kier alpha value is -1.96. The Bertz CT molecular complexity index is 853. The second kappa shape index (κ2) is 6.66. The summed E-state index contributed by atoms with van der Waals surface area (Å²) in [6, 6.07) is 6.20. The average Bonchev–Trinajstić information content (AvgIpc) is 3.00. The van der Waals surface area contributed by atoms with Gasteiger partial charge in [0, 0.05) is 18.3 Å². The fourth-order valence-corrected chi connectivity index (χ4v) is 2.44. The molecule has 0 fully saturated rings. The number of hydrogen-bond acceptors (Lipinski definition) is 5. The molecular formula is C13H8Cl3FN6. The molecule has 0 radical (unpaired) electrons. The van der Waals surface area contributed by atoms with Crippen LogP contribution in [0.25, 0.3) is 5.69 Å². The van der Waals surface area contributed by atoms with Crippen molar-refractivity contribution in [3.63, 3.8) is 0 Å². The van der Waals surface area contributed by atoms with E-state index >= 15 is 0 Å². The minimum Gasteiger partial charge on any atom is -0.349 e. The van der Waals surface area contributed by atoms with Gasteiger partial charge in [0.15, 0.2) is 0 Å². The predicted octanol–water partition coefficient (Wildman–Crippen LogP) is 3.77. The van der Waals surface area contributed by atoms with E-state index in [4.69, 9.17) is 34.8 Å². The highest BCUT2D eigenvalue weighted by molar-refractivity contribution is 6.43. The van der Waals surface area contributed by atoms with Crippen LogP contribution in [0.2, 0.25) is 15.2 Å². The molecule has 1 aromatic carbocycles. The van der Waals surface area contributed by atoms with Crippen LogP contribution in [-0.2, 0) is 6.54 Å². The number of nitrogens with one attached hydrogen (secondary N) is 1. The third-order valence-corrected chi connectivity index (χ3v) is 4.17. The van der Waals surface area contributed by atoms with E-state index in [-0.39, 0.29) is 10.0 Å². The molecule has 0 unspecified atom stereocenters. The molecule has 0 amide bonds. The smallest absolute Gasteiger partial charge is 0.248 e. The predicted molar refractivity (Wildman–Crippen MR) is 85.7 cm³/mol. The highest BCUT2D eigenvalue weighted by Crippen LogP contribution is 2.31. The van der Waals surface area contributed by atoms with Gasteiger partial charge in [-0.2, -0.15) is 4.68 Å². The molecule has 0 aliphatic carbocycles. The molecule has 10 heteroatoms. The first-order valence-corrected chi connectivity index (χ1v) is 7.47. The Morgan fingerprint density at radius 2 is 1.96 bits per heavy atom. The molecule has 0 aliphatic rings. The van der Waals surface area contributed by atoms with Crippen LogP contribution in [0, 0.1) is 5.82 Å². The van der Waals surface area contributed by atoms with Crippen molar-refractivity contribution in [1.29, 1.82) is 0 Å². The molecule has 0 spiro atoms. The number of nitrogens with zero attached hydrogens (tertiary/aromatic N) is 5. The highest BCUT2D eigenvalue weighted by atomic mass is 35.5. The number of aromatic nitrogens is 5. The second-order valence-electron chi connectivity index (χ2n) is 4.42. The summed E-state index contributed by atoms with van der Waals surface area (Å²) in [6.07, 6.45) is 1.59. The van der Waals surface area contributed by atoms with Crippen molar-refractivity contribution in [3.8, 4) is 5.69 Å². The molecule has 23 heavy (non-hydrogen) atoms. The van der Waals surface area contributed by atoms with E-state index in [9.17, 15) is 4.39 Å². The van der Waals surface area contributed by atoms with Crippen LogP contribution >= 0.6 is 34.8 Å². The lowest BCUT2D eigenvalue weighted by atomic mass is 10.3. The first-order valence-electron chi connectivity index (χ1n) is 6.33. The third kappa shape index (κ3) is 3.21. The van der Waals surface area contributed by atoms with Gasteiger partial charge in [0.25, 0.3) is 0 Å². The summed E-state index contributed by atoms with van der Waals surface area (Å²) in [6.45, 7) is 0.347. The molecule has 1 N–H and O–H groups in total. The van der Waals surface area contributed by atoms with Gasteiger partial charge in [0.05, 0.1) is 15.7 Å². The molecule has 0 aliphatic heterocycles. The summed E-state index contributed by atoms with van der Waals surface area (Å²) >= 11 is 17.9. The molecule has 6 nitrogen and oxygen atoms in total. The van der Waals surface area contributed by atoms with Gasteiger partial charge in [-0.05, 0) is 28.6 Å². The van der Waals surface area contributed by atoms with Crippen molar-refractivity contribution in [3.05, 3.63) is 57.0 Å². The number of halogens is 4. The van der Waals surface area contributed by atoms with E-state index in [1.807, 2.05) is 6.07 Å². The van der Waals surface area contributed by atoms with E-state index in [1.165, 1.54) is 16.8 Å². The van der Waals surface area contributed by atoms with Crippen molar-refractivity contribution in [2.45, 2.75) is 6.54 Å². The summed E-state index contributed by atoms with van der Waals surface area (Å²) in [5.74, 6) is -0.320. The molecule has 0 saturated carbocycles. The molecule has 3 rings (SSSR count). The lowest BCUT2D eigenvalue weighted by Crippen LogP contribution is -2.08. The SMILES string of the molecule is Fc1ccc(-n2nnnc2NCc2cccnc2Cl)c(Cl)c1Cl. The second-order valence-corrected chi connectivity index (χ2v) is 5.53. The molecule has 2 aromatic heterocycles. The van der Waals surface area contributed by atoms with Crippen molar-refractivity contribution in [2.75, 3.05) is 5.32 Å². The lowest BCUT2D eigenvalue weighted by molar-refractivity contribution is 0.627. The first kappa shape index (κ1) is 15.9.